The van der Waals surface area contributed by atoms with Crippen LogP contribution in [0.4, 0.5) is 10.1 Å². The normalized spacial score (nSPS) is 15.8. The minimum Gasteiger partial charge on any atom is -0.476 e. The molecule has 0 saturated carbocycles. The Morgan fingerprint density at radius 3 is 2.30 bits per heavy atom. The first-order valence-electron chi connectivity index (χ1n) is 15.1. The van der Waals surface area contributed by atoms with Crippen molar-refractivity contribution in [2.24, 2.45) is 5.41 Å². The number of halogens is 1. The van der Waals surface area contributed by atoms with Crippen LogP contribution >= 0.6 is 0 Å². The summed E-state index contributed by atoms with van der Waals surface area (Å²) in [6, 6.07) is 10.0. The van der Waals surface area contributed by atoms with Crippen LogP contribution in [0.3, 0.4) is 0 Å². The van der Waals surface area contributed by atoms with Crippen LogP contribution in [0.25, 0.3) is 11.3 Å². The summed E-state index contributed by atoms with van der Waals surface area (Å²) in [6.45, 7) is 17.9. The first-order chi connectivity index (χ1) is 20.2. The van der Waals surface area contributed by atoms with E-state index in [-0.39, 0.29) is 17.3 Å². The highest BCUT2D eigenvalue weighted by Gasteiger charge is 2.37. The lowest BCUT2D eigenvalue weighted by molar-refractivity contribution is -0.171. The lowest BCUT2D eigenvalue weighted by atomic mass is 9.82. The summed E-state index contributed by atoms with van der Waals surface area (Å²) < 4.78 is 31.2. The Kier molecular flexibility index (Phi) is 10.1. The smallest absolute Gasteiger partial charge is 0.340 e. The number of ether oxygens (including phenoxy) is 3. The lowest BCUT2D eigenvalue weighted by Crippen LogP contribution is -2.39. The summed E-state index contributed by atoms with van der Waals surface area (Å²) in [5.74, 6) is -0.316. The molecule has 1 atom stereocenters. The number of hydrogen-bond donors (Lipinski definition) is 0. The SMILES string of the molecule is Cc1ncc(-c2ccc(OCCc3ccc(F)cc3)nn2)c(N2CCC(C)(C)CC2)c1C(OC(C)(C)C)C(=O)OC(C)C. The molecule has 1 unspecified atom stereocenters. The van der Waals surface area contributed by atoms with Crippen LogP contribution < -0.4 is 9.64 Å². The quantitative estimate of drug-likeness (QED) is 0.232. The third-order valence-corrected chi connectivity index (χ3v) is 7.49. The molecule has 232 valence electrons. The van der Waals surface area contributed by atoms with Crippen molar-refractivity contribution in [3.05, 3.63) is 65.2 Å². The summed E-state index contributed by atoms with van der Waals surface area (Å²) in [6.07, 6.45) is 3.15. The lowest BCUT2D eigenvalue weighted by Gasteiger charge is -2.41. The van der Waals surface area contributed by atoms with Gasteiger partial charge in [0.25, 0.3) is 0 Å². The number of aromatic nitrogens is 3. The fourth-order valence-corrected chi connectivity index (χ4v) is 5.12. The van der Waals surface area contributed by atoms with Gasteiger partial charge in [0.05, 0.1) is 29.7 Å². The maximum atomic E-state index is 13.6. The summed E-state index contributed by atoms with van der Waals surface area (Å²) in [7, 11) is 0. The second-order valence-corrected chi connectivity index (χ2v) is 13.2. The highest BCUT2D eigenvalue weighted by Crippen LogP contribution is 2.43. The van der Waals surface area contributed by atoms with E-state index in [1.54, 1.807) is 24.4 Å². The van der Waals surface area contributed by atoms with E-state index in [0.717, 1.165) is 42.7 Å². The molecule has 0 spiro atoms. The molecule has 1 aliphatic heterocycles. The summed E-state index contributed by atoms with van der Waals surface area (Å²) in [5, 5.41) is 8.86. The average molecular weight is 593 g/mol. The van der Waals surface area contributed by atoms with Gasteiger partial charge >= 0.3 is 5.97 Å². The van der Waals surface area contributed by atoms with E-state index >= 15 is 0 Å². The number of benzene rings is 1. The van der Waals surface area contributed by atoms with Gasteiger partial charge in [-0.15, -0.1) is 10.2 Å². The van der Waals surface area contributed by atoms with Gasteiger partial charge in [0.2, 0.25) is 5.88 Å². The first-order valence-corrected chi connectivity index (χ1v) is 15.1. The third kappa shape index (κ3) is 8.72. The Morgan fingerprint density at radius 1 is 1.05 bits per heavy atom. The molecule has 0 N–H and O–H groups in total. The number of piperidine rings is 1. The zero-order valence-electron chi connectivity index (χ0n) is 26.7. The fourth-order valence-electron chi connectivity index (χ4n) is 5.12. The second-order valence-electron chi connectivity index (χ2n) is 13.2. The van der Waals surface area contributed by atoms with Gasteiger partial charge in [-0.05, 0) is 83.6 Å². The van der Waals surface area contributed by atoms with Crippen molar-refractivity contribution in [3.63, 3.8) is 0 Å². The molecule has 1 saturated heterocycles. The largest absolute Gasteiger partial charge is 0.476 e. The summed E-state index contributed by atoms with van der Waals surface area (Å²) in [4.78, 5) is 20.6. The second kappa shape index (κ2) is 13.4. The van der Waals surface area contributed by atoms with E-state index in [2.05, 4.69) is 28.9 Å². The Hall–Kier alpha value is -3.59. The number of carbonyl (C=O) groups excluding carboxylic acids is 1. The summed E-state index contributed by atoms with van der Waals surface area (Å²) >= 11 is 0. The van der Waals surface area contributed by atoms with Crippen LogP contribution in [0.1, 0.15) is 84.2 Å². The van der Waals surface area contributed by atoms with Crippen molar-refractivity contribution < 1.29 is 23.4 Å². The Labute approximate surface area is 255 Å². The topological polar surface area (TPSA) is 86.7 Å². The molecule has 0 radical (unpaired) electrons. The Bertz CT molecular complexity index is 1380. The van der Waals surface area contributed by atoms with Crippen LogP contribution in [0.5, 0.6) is 5.88 Å². The number of carbonyl (C=O) groups is 1. The standard InChI is InChI=1S/C34H45FN4O4/c1-22(2)42-32(40)31(43-33(4,5)6)29-23(3)36-21-26(30(29)39-18-16-34(7,8)17-19-39)27-13-14-28(38-37-27)41-20-15-24-9-11-25(35)12-10-24/h9-14,21-22,31H,15-20H2,1-8H3. The molecule has 0 amide bonds. The van der Waals surface area contributed by atoms with Crippen molar-refractivity contribution in [3.8, 4) is 17.1 Å². The number of rotatable bonds is 10. The van der Waals surface area contributed by atoms with Gasteiger partial charge in [0.15, 0.2) is 6.10 Å². The minimum atomic E-state index is -0.971. The van der Waals surface area contributed by atoms with E-state index in [1.165, 1.54) is 12.1 Å². The predicted molar refractivity (Wildman–Crippen MR) is 166 cm³/mol. The number of anilines is 1. The van der Waals surface area contributed by atoms with Crippen LogP contribution in [0, 0.1) is 18.2 Å². The molecule has 0 aliphatic carbocycles. The number of pyridine rings is 1. The van der Waals surface area contributed by atoms with E-state index in [1.807, 2.05) is 47.6 Å². The average Bonchev–Trinajstić information content (AvgIpc) is 2.92. The Balaban J connectivity index is 1.71. The molecule has 0 bridgehead atoms. The van der Waals surface area contributed by atoms with Crippen molar-refractivity contribution in [2.45, 2.75) is 92.5 Å². The highest BCUT2D eigenvalue weighted by atomic mass is 19.1. The molecule has 43 heavy (non-hydrogen) atoms. The molecular weight excluding hydrogens is 547 g/mol. The Morgan fingerprint density at radius 2 is 1.72 bits per heavy atom. The first kappa shape index (κ1) is 32.3. The zero-order valence-corrected chi connectivity index (χ0v) is 26.7. The van der Waals surface area contributed by atoms with E-state index in [0.29, 0.717) is 35.9 Å². The molecule has 3 heterocycles. The van der Waals surface area contributed by atoms with Crippen molar-refractivity contribution in [1.29, 1.82) is 0 Å². The number of aryl methyl sites for hydroxylation is 1. The van der Waals surface area contributed by atoms with Gasteiger partial charge in [0, 0.05) is 48.6 Å². The van der Waals surface area contributed by atoms with Gasteiger partial charge < -0.3 is 19.1 Å². The number of nitrogens with zero attached hydrogens (tertiary/aromatic N) is 4. The molecule has 3 aromatic rings. The molecule has 2 aromatic heterocycles. The molecular formula is C34H45FN4O4. The number of esters is 1. The van der Waals surface area contributed by atoms with E-state index in [9.17, 15) is 9.18 Å². The van der Waals surface area contributed by atoms with Gasteiger partial charge in [-0.1, -0.05) is 26.0 Å². The molecule has 9 heteroatoms. The molecule has 8 nitrogen and oxygen atoms in total. The van der Waals surface area contributed by atoms with Crippen LogP contribution in [0.15, 0.2) is 42.6 Å². The summed E-state index contributed by atoms with van der Waals surface area (Å²) in [5.41, 5.74) is 4.24. The fraction of sp³-hybridized carbons (Fsp3) is 0.529. The van der Waals surface area contributed by atoms with Crippen LogP contribution in [0.2, 0.25) is 0 Å². The van der Waals surface area contributed by atoms with Gasteiger partial charge in [-0.3, -0.25) is 4.98 Å². The highest BCUT2D eigenvalue weighted by molar-refractivity contribution is 5.86. The molecule has 1 fully saturated rings. The van der Waals surface area contributed by atoms with Crippen molar-refractivity contribution >= 4 is 11.7 Å². The van der Waals surface area contributed by atoms with Crippen LogP contribution in [-0.4, -0.2) is 52.6 Å². The number of hydrogen-bond acceptors (Lipinski definition) is 8. The maximum absolute atomic E-state index is 13.6. The van der Waals surface area contributed by atoms with Crippen molar-refractivity contribution in [1.82, 2.24) is 15.2 Å². The molecule has 1 aliphatic rings. The monoisotopic (exact) mass is 592 g/mol. The maximum Gasteiger partial charge on any atom is 0.340 e. The molecule has 4 rings (SSSR count). The van der Waals surface area contributed by atoms with Gasteiger partial charge in [0.1, 0.15) is 5.82 Å². The predicted octanol–water partition coefficient (Wildman–Crippen LogP) is 7.04. The molecule has 1 aromatic carbocycles. The minimum absolute atomic E-state index is 0.226. The van der Waals surface area contributed by atoms with Gasteiger partial charge in [-0.25, -0.2) is 9.18 Å². The van der Waals surface area contributed by atoms with E-state index < -0.39 is 17.7 Å². The zero-order chi connectivity index (χ0) is 31.4. The van der Waals surface area contributed by atoms with Crippen molar-refractivity contribution in [2.75, 3.05) is 24.6 Å². The van der Waals surface area contributed by atoms with E-state index in [4.69, 9.17) is 19.2 Å². The van der Waals surface area contributed by atoms with Crippen LogP contribution in [-0.2, 0) is 20.7 Å². The third-order valence-electron chi connectivity index (χ3n) is 7.49. The van der Waals surface area contributed by atoms with Gasteiger partial charge in [-0.2, -0.15) is 0 Å².